The highest BCUT2D eigenvalue weighted by atomic mass is 32.1. The van der Waals surface area contributed by atoms with Crippen molar-refractivity contribution in [2.45, 2.75) is 52.7 Å². The van der Waals surface area contributed by atoms with Crippen LogP contribution in [0.1, 0.15) is 52.1 Å². The maximum Gasteiger partial charge on any atom is 0.290 e. The summed E-state index contributed by atoms with van der Waals surface area (Å²) in [7, 11) is 3.62. The van der Waals surface area contributed by atoms with Gasteiger partial charge in [-0.3, -0.25) is 19.2 Å². The lowest BCUT2D eigenvalue weighted by molar-refractivity contribution is 0.0999. The zero-order chi connectivity index (χ0) is 28.5. The van der Waals surface area contributed by atoms with E-state index in [1.165, 1.54) is 28.2 Å². The summed E-state index contributed by atoms with van der Waals surface area (Å²) in [5.41, 5.74) is 4.08. The summed E-state index contributed by atoms with van der Waals surface area (Å²) < 4.78 is 18.2. The van der Waals surface area contributed by atoms with Crippen molar-refractivity contribution in [3.8, 4) is 11.3 Å². The molecular weight excluding hydrogens is 529 g/mol. The minimum absolute atomic E-state index is 0.0467. The number of carbonyl (C=O) groups is 1. The summed E-state index contributed by atoms with van der Waals surface area (Å²) >= 11 is 1.51. The van der Waals surface area contributed by atoms with E-state index in [0.717, 1.165) is 35.8 Å². The van der Waals surface area contributed by atoms with E-state index in [2.05, 4.69) is 54.3 Å². The molecule has 0 fully saturated rings. The molecule has 9 nitrogen and oxygen atoms in total. The second-order valence-corrected chi connectivity index (χ2v) is 12.7. The third-order valence-electron chi connectivity index (χ3n) is 7.54. The number of aryl methyl sites for hydroxylation is 1. The third-order valence-corrected chi connectivity index (χ3v) is 9.13. The van der Waals surface area contributed by atoms with Crippen LogP contribution in [0.5, 0.6) is 0 Å². The highest BCUT2D eigenvalue weighted by molar-refractivity contribution is 7.14. The number of nitrogens with zero attached hydrogens (tertiary/aromatic N) is 6. The number of anilines is 3. The van der Waals surface area contributed by atoms with Gasteiger partial charge in [0.1, 0.15) is 11.5 Å². The number of thiophene rings is 1. The van der Waals surface area contributed by atoms with Crippen molar-refractivity contribution in [1.29, 1.82) is 0 Å². The summed E-state index contributed by atoms with van der Waals surface area (Å²) in [6.45, 7) is 11.1. The highest BCUT2D eigenvalue weighted by Crippen LogP contribution is 2.41. The van der Waals surface area contributed by atoms with Gasteiger partial charge in [0, 0.05) is 36.6 Å². The van der Waals surface area contributed by atoms with E-state index >= 15 is 4.39 Å². The highest BCUT2D eigenvalue weighted by Gasteiger charge is 2.34. The minimum Gasteiger partial charge on any atom is -0.334 e. The third kappa shape index (κ3) is 4.52. The Labute approximate surface area is 235 Å². The number of halogens is 1. The summed E-state index contributed by atoms with van der Waals surface area (Å²) in [5, 5.41) is 12.2. The molecule has 0 atom stereocenters. The molecule has 0 spiro atoms. The molecule has 0 saturated carbocycles. The van der Waals surface area contributed by atoms with Crippen LogP contribution in [0.4, 0.5) is 21.6 Å². The van der Waals surface area contributed by atoms with Gasteiger partial charge in [0.15, 0.2) is 5.82 Å². The molecule has 6 rings (SSSR count). The Morgan fingerprint density at radius 1 is 1.00 bits per heavy atom. The molecule has 3 aromatic heterocycles. The van der Waals surface area contributed by atoms with Gasteiger partial charge in [-0.1, -0.05) is 20.8 Å². The number of nitrogens with one attached hydrogen (secondary N) is 1. The quantitative estimate of drug-likeness (QED) is 0.385. The second-order valence-electron chi connectivity index (χ2n) is 11.7. The van der Waals surface area contributed by atoms with E-state index in [4.69, 9.17) is 0 Å². The molecule has 0 radical (unpaired) electrons. The Morgan fingerprint density at radius 3 is 2.50 bits per heavy atom. The van der Waals surface area contributed by atoms with Gasteiger partial charge in [0.25, 0.3) is 11.5 Å². The van der Waals surface area contributed by atoms with Crippen molar-refractivity contribution >= 4 is 34.4 Å². The Morgan fingerprint density at radius 2 is 1.77 bits per heavy atom. The molecule has 0 saturated heterocycles. The van der Waals surface area contributed by atoms with E-state index in [1.807, 2.05) is 17.7 Å². The maximum absolute atomic E-state index is 15.1. The van der Waals surface area contributed by atoms with Crippen LogP contribution in [-0.2, 0) is 32.1 Å². The predicted molar refractivity (Wildman–Crippen MR) is 155 cm³/mol. The van der Waals surface area contributed by atoms with Crippen LogP contribution < -0.4 is 15.8 Å². The number of benzene rings is 1. The molecule has 5 heterocycles. The molecule has 2 aliphatic heterocycles. The number of hydrogen-bond donors (Lipinski definition) is 1. The predicted octanol–water partition coefficient (Wildman–Crippen LogP) is 4.80. The number of hydrogen-bond acceptors (Lipinski definition) is 7. The molecule has 1 N–H and O–H groups in total. The first kappa shape index (κ1) is 26.4. The molecule has 1 aromatic carbocycles. The van der Waals surface area contributed by atoms with Crippen LogP contribution in [0.15, 0.2) is 35.1 Å². The molecule has 0 unspecified atom stereocenters. The molecular formula is C29H32FN7O2S. The van der Waals surface area contributed by atoms with Gasteiger partial charge in [0.05, 0.1) is 35.0 Å². The average molecular weight is 562 g/mol. The van der Waals surface area contributed by atoms with Gasteiger partial charge < -0.3 is 10.2 Å². The average Bonchev–Trinajstić information content (AvgIpc) is 3.56. The zero-order valence-electron chi connectivity index (χ0n) is 23.5. The first-order valence-corrected chi connectivity index (χ1v) is 14.1. The fourth-order valence-corrected chi connectivity index (χ4v) is 6.47. The van der Waals surface area contributed by atoms with Gasteiger partial charge >= 0.3 is 0 Å². The van der Waals surface area contributed by atoms with Crippen LogP contribution in [-0.4, -0.2) is 44.0 Å². The molecule has 11 heteroatoms. The first-order chi connectivity index (χ1) is 18.9. The summed E-state index contributed by atoms with van der Waals surface area (Å²) in [6.07, 6.45) is 0. The van der Waals surface area contributed by atoms with Crippen LogP contribution in [0.25, 0.3) is 11.3 Å². The molecule has 40 heavy (non-hydrogen) atoms. The Kier molecular flexibility index (Phi) is 6.19. The van der Waals surface area contributed by atoms with Crippen molar-refractivity contribution in [1.82, 2.24) is 24.5 Å². The normalized spacial score (nSPS) is 15.5. The topological polar surface area (TPSA) is 88.3 Å². The molecule has 4 aromatic rings. The van der Waals surface area contributed by atoms with Gasteiger partial charge in [0.2, 0.25) is 0 Å². The molecule has 0 bridgehead atoms. The van der Waals surface area contributed by atoms with Gasteiger partial charge in [-0.2, -0.15) is 10.2 Å². The van der Waals surface area contributed by atoms with E-state index in [0.29, 0.717) is 39.7 Å². The smallest absolute Gasteiger partial charge is 0.290 e. The number of aromatic nitrogens is 4. The number of rotatable bonds is 4. The van der Waals surface area contributed by atoms with E-state index in [1.54, 1.807) is 18.0 Å². The van der Waals surface area contributed by atoms with Gasteiger partial charge in [-0.05, 0) is 54.8 Å². The second kappa shape index (κ2) is 9.38. The largest absolute Gasteiger partial charge is 0.334 e. The SMILES string of the molecule is Cc1c(-c2cc(Nc3cc4n(n3)CCN(C)C4)c(=O)n(C)n2)cc(F)cc1N1Cc2cc(C(C)(C)C)sc2C1=O. The van der Waals surface area contributed by atoms with E-state index < -0.39 is 5.82 Å². The van der Waals surface area contributed by atoms with Crippen molar-refractivity contribution in [3.63, 3.8) is 0 Å². The molecule has 208 valence electrons. The van der Waals surface area contributed by atoms with Crippen LogP contribution in [0.3, 0.4) is 0 Å². The van der Waals surface area contributed by atoms with Crippen LogP contribution >= 0.6 is 11.3 Å². The zero-order valence-corrected chi connectivity index (χ0v) is 24.3. The number of amides is 1. The summed E-state index contributed by atoms with van der Waals surface area (Å²) in [5.74, 6) is -0.0370. The van der Waals surface area contributed by atoms with Crippen molar-refractivity contribution in [3.05, 3.63) is 73.1 Å². The summed E-state index contributed by atoms with van der Waals surface area (Å²) in [4.78, 5) is 32.1. The lowest BCUT2D eigenvalue weighted by Crippen LogP contribution is -2.30. The fourth-order valence-electron chi connectivity index (χ4n) is 5.29. The van der Waals surface area contributed by atoms with Crippen LogP contribution in [0, 0.1) is 12.7 Å². The maximum atomic E-state index is 15.1. The fraction of sp³-hybridized carbons (Fsp3) is 0.379. The minimum atomic E-state index is -0.481. The molecule has 2 aliphatic rings. The lowest BCUT2D eigenvalue weighted by atomic mass is 9.94. The Hall–Kier alpha value is -3.83. The molecule has 1 amide bonds. The van der Waals surface area contributed by atoms with Crippen molar-refractivity contribution in [2.75, 3.05) is 23.8 Å². The first-order valence-electron chi connectivity index (χ1n) is 13.3. The molecule has 0 aliphatic carbocycles. The van der Waals surface area contributed by atoms with E-state index in [9.17, 15) is 9.59 Å². The van der Waals surface area contributed by atoms with Gasteiger partial charge in [-0.25, -0.2) is 9.07 Å². The standard InChI is InChI=1S/C29H32FN7O2S/c1-16-20(10-18(30)11-23(16)36-14-17-9-24(29(2,3)4)40-26(17)28(36)39)21-13-22(27(38)35(6)32-21)31-25-12-19-15-34(5)7-8-37(19)33-25/h9-13H,7-8,14-15H2,1-6H3,(H,31,33). The van der Waals surface area contributed by atoms with Gasteiger partial charge in [-0.15, -0.1) is 11.3 Å². The van der Waals surface area contributed by atoms with Crippen molar-refractivity contribution in [2.24, 2.45) is 7.05 Å². The van der Waals surface area contributed by atoms with Crippen LogP contribution in [0.2, 0.25) is 0 Å². The Bertz CT molecular complexity index is 1730. The Balaban J connectivity index is 1.35. The number of fused-ring (bicyclic) bond motifs is 2. The van der Waals surface area contributed by atoms with E-state index in [-0.39, 0.29) is 22.6 Å². The number of likely N-dealkylation sites (N-methyl/N-ethyl adjacent to an activating group) is 1. The number of carbonyl (C=O) groups excluding carboxylic acids is 1. The summed E-state index contributed by atoms with van der Waals surface area (Å²) in [6, 6.07) is 8.44. The van der Waals surface area contributed by atoms with Crippen molar-refractivity contribution < 1.29 is 9.18 Å². The monoisotopic (exact) mass is 561 g/mol. The lowest BCUT2D eigenvalue weighted by Gasteiger charge is -2.22.